The van der Waals surface area contributed by atoms with E-state index >= 15 is 0 Å². The number of carbonyl (C=O) groups excluding carboxylic acids is 1. The predicted molar refractivity (Wildman–Crippen MR) is 103 cm³/mol. The van der Waals surface area contributed by atoms with Gasteiger partial charge in [-0.15, -0.1) is 12.4 Å². The third-order valence-electron chi connectivity index (χ3n) is 4.67. The van der Waals surface area contributed by atoms with Gasteiger partial charge in [0.25, 0.3) is 0 Å². The molecule has 0 atom stereocenters. The number of amides is 1. The lowest BCUT2D eigenvalue weighted by molar-refractivity contribution is -0.139. The fraction of sp³-hybridized carbons (Fsp3) is 0.350. The zero-order valence-electron chi connectivity index (χ0n) is 14.5. The van der Waals surface area contributed by atoms with E-state index in [1.165, 1.54) is 0 Å². The molecule has 1 aliphatic rings. The maximum absolute atomic E-state index is 12.8. The lowest BCUT2D eigenvalue weighted by Crippen LogP contribution is -2.57. The maximum atomic E-state index is 12.8. The molecule has 0 aliphatic carbocycles. The van der Waals surface area contributed by atoms with Gasteiger partial charge >= 0.3 is 0 Å². The van der Waals surface area contributed by atoms with Crippen LogP contribution in [-0.2, 0) is 16.1 Å². The van der Waals surface area contributed by atoms with E-state index in [-0.39, 0.29) is 18.3 Å². The molecule has 0 unspecified atom stereocenters. The molecule has 1 heterocycles. The molecule has 0 radical (unpaired) electrons. The van der Waals surface area contributed by atoms with Gasteiger partial charge in [-0.25, -0.2) is 0 Å². The van der Waals surface area contributed by atoms with Crippen molar-refractivity contribution in [2.45, 2.75) is 24.9 Å². The second-order valence-corrected chi connectivity index (χ2v) is 6.45. The second kappa shape index (κ2) is 8.48. The van der Waals surface area contributed by atoms with Crippen LogP contribution in [0.2, 0.25) is 0 Å². The number of nitrogens with two attached hydrogens (primary N) is 1. The van der Waals surface area contributed by atoms with Crippen LogP contribution in [0, 0.1) is 0 Å². The molecule has 0 spiro atoms. The van der Waals surface area contributed by atoms with Crippen molar-refractivity contribution >= 4 is 18.3 Å². The van der Waals surface area contributed by atoms with Gasteiger partial charge < -0.3 is 15.4 Å². The third-order valence-corrected chi connectivity index (χ3v) is 4.67. The van der Waals surface area contributed by atoms with Crippen molar-refractivity contribution in [3.05, 3.63) is 60.2 Å². The number of ether oxygens (including phenoxy) is 1. The molecule has 2 aromatic carbocycles. The Bertz CT molecular complexity index is 700. The Morgan fingerprint density at radius 1 is 1.08 bits per heavy atom. The van der Waals surface area contributed by atoms with Gasteiger partial charge in [-0.1, -0.05) is 54.6 Å². The number of hydrogen-bond donors (Lipinski definition) is 1. The summed E-state index contributed by atoms with van der Waals surface area (Å²) >= 11 is 0. The van der Waals surface area contributed by atoms with E-state index < -0.39 is 5.54 Å². The number of nitrogens with zero attached hydrogens (tertiary/aromatic N) is 1. The molecule has 0 saturated carbocycles. The smallest absolute Gasteiger partial charge is 0.242 e. The van der Waals surface area contributed by atoms with E-state index in [1.807, 2.05) is 37.4 Å². The molecule has 0 aromatic heterocycles. The Hall–Kier alpha value is -1.88. The maximum Gasteiger partial charge on any atom is 0.242 e. The Labute approximate surface area is 155 Å². The molecule has 5 heteroatoms. The van der Waals surface area contributed by atoms with Crippen LogP contribution in [-0.4, -0.2) is 36.6 Å². The first-order valence-corrected chi connectivity index (χ1v) is 8.36. The standard InChI is InChI=1S/C20H24N2O2.ClH/c1-22(19(23)20(21)11-13-24-14-12-20)15-17-9-5-6-10-18(17)16-7-3-2-4-8-16;/h2-10H,11-15,21H2,1H3;1H. The van der Waals surface area contributed by atoms with E-state index in [0.29, 0.717) is 32.6 Å². The highest BCUT2D eigenvalue weighted by molar-refractivity contribution is 5.86. The molecule has 25 heavy (non-hydrogen) atoms. The van der Waals surface area contributed by atoms with E-state index in [0.717, 1.165) is 16.7 Å². The van der Waals surface area contributed by atoms with Crippen molar-refractivity contribution in [3.8, 4) is 11.1 Å². The van der Waals surface area contributed by atoms with E-state index in [2.05, 4.69) is 24.3 Å². The summed E-state index contributed by atoms with van der Waals surface area (Å²) in [7, 11) is 1.83. The molecule has 134 valence electrons. The van der Waals surface area contributed by atoms with Crippen LogP contribution in [0.5, 0.6) is 0 Å². The zero-order valence-corrected chi connectivity index (χ0v) is 15.3. The monoisotopic (exact) mass is 360 g/mol. The minimum absolute atomic E-state index is 0. The average Bonchev–Trinajstić information content (AvgIpc) is 2.63. The predicted octanol–water partition coefficient (Wildman–Crippen LogP) is 3.24. The first-order valence-electron chi connectivity index (χ1n) is 8.36. The molecule has 1 aliphatic heterocycles. The SMILES string of the molecule is CN(Cc1ccccc1-c1ccccc1)C(=O)C1(N)CCOCC1.Cl. The summed E-state index contributed by atoms with van der Waals surface area (Å²) in [6.07, 6.45) is 1.16. The fourth-order valence-corrected chi connectivity index (χ4v) is 3.21. The molecular formula is C20H25ClN2O2. The van der Waals surface area contributed by atoms with Gasteiger partial charge in [-0.2, -0.15) is 0 Å². The molecule has 4 nitrogen and oxygen atoms in total. The van der Waals surface area contributed by atoms with Gasteiger partial charge in [0.1, 0.15) is 0 Å². The molecule has 2 N–H and O–H groups in total. The topological polar surface area (TPSA) is 55.6 Å². The molecular weight excluding hydrogens is 336 g/mol. The molecule has 2 aromatic rings. The lowest BCUT2D eigenvalue weighted by Gasteiger charge is -2.35. The van der Waals surface area contributed by atoms with E-state index in [1.54, 1.807) is 4.90 Å². The lowest BCUT2D eigenvalue weighted by atomic mass is 9.89. The van der Waals surface area contributed by atoms with Crippen LogP contribution in [0.3, 0.4) is 0 Å². The summed E-state index contributed by atoms with van der Waals surface area (Å²) in [5.74, 6) is -0.00587. The Morgan fingerprint density at radius 2 is 1.68 bits per heavy atom. The molecule has 0 bridgehead atoms. The first kappa shape index (κ1) is 19.4. The number of likely N-dealkylation sites (N-methyl/N-ethyl adjacent to an activating group) is 1. The van der Waals surface area contributed by atoms with Crippen LogP contribution in [0.4, 0.5) is 0 Å². The normalized spacial score (nSPS) is 15.9. The van der Waals surface area contributed by atoms with Crippen LogP contribution >= 0.6 is 12.4 Å². The number of carbonyl (C=O) groups is 1. The van der Waals surface area contributed by atoms with Gasteiger partial charge in [0.2, 0.25) is 5.91 Å². The quantitative estimate of drug-likeness (QED) is 0.910. The fourth-order valence-electron chi connectivity index (χ4n) is 3.21. The van der Waals surface area contributed by atoms with Gasteiger partial charge in [0, 0.05) is 26.8 Å². The van der Waals surface area contributed by atoms with Gasteiger partial charge in [0.05, 0.1) is 5.54 Å². The summed E-state index contributed by atoms with van der Waals surface area (Å²) in [4.78, 5) is 14.6. The second-order valence-electron chi connectivity index (χ2n) is 6.45. The molecule has 1 amide bonds. The van der Waals surface area contributed by atoms with Crippen molar-refractivity contribution in [3.63, 3.8) is 0 Å². The van der Waals surface area contributed by atoms with Crippen LogP contribution in [0.25, 0.3) is 11.1 Å². The van der Waals surface area contributed by atoms with Crippen molar-refractivity contribution < 1.29 is 9.53 Å². The highest BCUT2D eigenvalue weighted by atomic mass is 35.5. The summed E-state index contributed by atoms with van der Waals surface area (Å²) in [5, 5.41) is 0. The minimum Gasteiger partial charge on any atom is -0.381 e. The average molecular weight is 361 g/mol. The summed E-state index contributed by atoms with van der Waals surface area (Å²) < 4.78 is 5.34. The molecule has 1 saturated heterocycles. The van der Waals surface area contributed by atoms with Gasteiger partial charge in [0.15, 0.2) is 0 Å². The van der Waals surface area contributed by atoms with Crippen LogP contribution < -0.4 is 5.73 Å². The molecule has 1 fully saturated rings. The summed E-state index contributed by atoms with van der Waals surface area (Å²) in [5.41, 5.74) is 8.96. The first-order chi connectivity index (χ1) is 11.6. The Morgan fingerprint density at radius 3 is 2.36 bits per heavy atom. The van der Waals surface area contributed by atoms with Crippen LogP contribution in [0.15, 0.2) is 54.6 Å². The van der Waals surface area contributed by atoms with Crippen molar-refractivity contribution in [2.75, 3.05) is 20.3 Å². The Kier molecular flexibility index (Phi) is 6.59. The summed E-state index contributed by atoms with van der Waals surface area (Å²) in [6.45, 7) is 1.65. The van der Waals surface area contributed by atoms with Crippen molar-refractivity contribution in [1.29, 1.82) is 0 Å². The highest BCUT2D eigenvalue weighted by Gasteiger charge is 2.37. The Balaban J connectivity index is 0.00000225. The highest BCUT2D eigenvalue weighted by Crippen LogP contribution is 2.26. The van der Waals surface area contributed by atoms with Crippen LogP contribution in [0.1, 0.15) is 18.4 Å². The molecule has 3 rings (SSSR count). The number of halogens is 1. The van der Waals surface area contributed by atoms with Gasteiger partial charge in [-0.3, -0.25) is 4.79 Å². The van der Waals surface area contributed by atoms with Gasteiger partial charge in [-0.05, 0) is 29.5 Å². The number of hydrogen-bond acceptors (Lipinski definition) is 3. The van der Waals surface area contributed by atoms with E-state index in [9.17, 15) is 4.79 Å². The van der Waals surface area contributed by atoms with E-state index in [4.69, 9.17) is 10.5 Å². The largest absolute Gasteiger partial charge is 0.381 e. The number of benzene rings is 2. The third kappa shape index (κ3) is 4.40. The van der Waals surface area contributed by atoms with Crippen molar-refractivity contribution in [2.24, 2.45) is 5.73 Å². The van der Waals surface area contributed by atoms with Crippen molar-refractivity contribution in [1.82, 2.24) is 4.90 Å². The zero-order chi connectivity index (χ0) is 17.0. The number of rotatable bonds is 4. The minimum atomic E-state index is -0.797. The summed E-state index contributed by atoms with van der Waals surface area (Å²) in [6, 6.07) is 18.4.